The summed E-state index contributed by atoms with van der Waals surface area (Å²) in [6.07, 6.45) is 1.13. The van der Waals surface area contributed by atoms with Crippen LogP contribution in [0.15, 0.2) is 28.8 Å². The number of aromatic nitrogens is 2. The molecule has 20 heavy (non-hydrogen) atoms. The van der Waals surface area contributed by atoms with Crippen LogP contribution in [0, 0.1) is 0 Å². The van der Waals surface area contributed by atoms with Crippen LogP contribution in [0.2, 0.25) is 0 Å². The van der Waals surface area contributed by atoms with Gasteiger partial charge in [0, 0.05) is 11.9 Å². The fraction of sp³-hybridized carbons (Fsp3) is 0.385. The van der Waals surface area contributed by atoms with E-state index >= 15 is 0 Å². The van der Waals surface area contributed by atoms with Crippen LogP contribution in [0.5, 0.6) is 0 Å². The Kier molecular flexibility index (Phi) is 3.56. The van der Waals surface area contributed by atoms with Gasteiger partial charge in [-0.2, -0.15) is 4.98 Å². The van der Waals surface area contributed by atoms with Gasteiger partial charge < -0.3 is 10.3 Å². The van der Waals surface area contributed by atoms with Crippen LogP contribution in [-0.2, 0) is 21.0 Å². The minimum Gasteiger partial charge on any atom is -0.399 e. The first-order valence-electron chi connectivity index (χ1n) is 6.05. The maximum absolute atomic E-state index is 11.2. The fourth-order valence-electron chi connectivity index (χ4n) is 1.82. The molecule has 1 aromatic heterocycles. The summed E-state index contributed by atoms with van der Waals surface area (Å²) in [6.45, 7) is 3.85. The number of benzene rings is 1. The molecule has 0 bridgehead atoms. The first-order valence-corrected chi connectivity index (χ1v) is 8.11. The van der Waals surface area contributed by atoms with E-state index in [1.165, 1.54) is 0 Å². The van der Waals surface area contributed by atoms with E-state index in [1.54, 1.807) is 12.1 Å². The predicted octanol–water partition coefficient (Wildman–Crippen LogP) is 1.52. The van der Waals surface area contributed by atoms with Crippen LogP contribution in [0.3, 0.4) is 0 Å². The van der Waals surface area contributed by atoms with E-state index in [4.69, 9.17) is 10.3 Å². The number of nitrogens with zero attached hydrogens (tertiary/aromatic N) is 2. The van der Waals surface area contributed by atoms with Crippen molar-refractivity contribution in [2.45, 2.75) is 25.0 Å². The molecular formula is C13H17N3O3S. The highest BCUT2D eigenvalue weighted by molar-refractivity contribution is 7.89. The maximum Gasteiger partial charge on any atom is 0.236 e. The number of anilines is 1. The molecule has 0 amide bonds. The van der Waals surface area contributed by atoms with Crippen LogP contribution in [0.4, 0.5) is 5.69 Å². The van der Waals surface area contributed by atoms with Crippen LogP contribution in [0.1, 0.15) is 31.1 Å². The van der Waals surface area contributed by atoms with Crippen molar-refractivity contribution in [2.75, 3.05) is 12.0 Å². The molecule has 0 fully saturated rings. The van der Waals surface area contributed by atoms with Gasteiger partial charge in [-0.05, 0) is 31.5 Å². The van der Waals surface area contributed by atoms with Crippen molar-refractivity contribution >= 4 is 15.5 Å². The molecule has 108 valence electrons. The van der Waals surface area contributed by atoms with E-state index in [1.807, 2.05) is 26.0 Å². The maximum atomic E-state index is 11.2. The molecule has 0 saturated heterocycles. The zero-order valence-corrected chi connectivity index (χ0v) is 12.4. The lowest BCUT2D eigenvalue weighted by molar-refractivity contribution is 0.330. The molecule has 0 radical (unpaired) electrons. The van der Waals surface area contributed by atoms with Crippen LogP contribution in [-0.4, -0.2) is 24.8 Å². The Hall–Kier alpha value is -1.89. The summed E-state index contributed by atoms with van der Waals surface area (Å²) in [5, 5.41) is 3.72. The van der Waals surface area contributed by atoms with Gasteiger partial charge >= 0.3 is 0 Å². The number of sulfone groups is 1. The normalized spacial score (nSPS) is 12.6. The third-order valence-electron chi connectivity index (χ3n) is 3.03. The van der Waals surface area contributed by atoms with Gasteiger partial charge in [0.05, 0.1) is 5.41 Å². The first kappa shape index (κ1) is 14.5. The Morgan fingerprint density at radius 3 is 2.40 bits per heavy atom. The summed E-state index contributed by atoms with van der Waals surface area (Å²) < 4.78 is 27.7. The average Bonchev–Trinajstić information content (AvgIpc) is 2.76. The zero-order valence-electron chi connectivity index (χ0n) is 11.6. The topological polar surface area (TPSA) is 99.1 Å². The molecule has 0 unspecified atom stereocenters. The van der Waals surface area contributed by atoms with Crippen LogP contribution >= 0.6 is 0 Å². The molecule has 7 heteroatoms. The van der Waals surface area contributed by atoms with E-state index < -0.39 is 15.3 Å². The molecule has 0 aliphatic heterocycles. The standard InChI is InChI=1S/C13H17N3O3S/c1-13(2,9-4-6-10(14)7-5-9)12-15-11(16-19-12)8-20(3,17)18/h4-7H,8,14H2,1-3H3. The molecule has 2 rings (SSSR count). The van der Waals surface area contributed by atoms with Crippen LogP contribution < -0.4 is 5.73 Å². The summed E-state index contributed by atoms with van der Waals surface area (Å²) in [7, 11) is -3.18. The molecule has 0 aliphatic carbocycles. The largest absolute Gasteiger partial charge is 0.399 e. The summed E-state index contributed by atoms with van der Waals surface area (Å²) >= 11 is 0. The third-order valence-corrected chi connectivity index (χ3v) is 3.81. The molecular weight excluding hydrogens is 278 g/mol. The number of nitrogen functional groups attached to an aromatic ring is 1. The Balaban J connectivity index is 2.32. The highest BCUT2D eigenvalue weighted by atomic mass is 32.2. The second kappa shape index (κ2) is 4.90. The minimum absolute atomic E-state index is 0.172. The van der Waals surface area contributed by atoms with Gasteiger partial charge in [0.25, 0.3) is 0 Å². The van der Waals surface area contributed by atoms with Gasteiger partial charge in [0.1, 0.15) is 5.75 Å². The molecule has 1 heterocycles. The number of hydrogen-bond donors (Lipinski definition) is 1. The summed E-state index contributed by atoms with van der Waals surface area (Å²) in [5.41, 5.74) is 6.78. The van der Waals surface area contributed by atoms with E-state index in [0.717, 1.165) is 11.8 Å². The van der Waals surface area contributed by atoms with Crippen molar-refractivity contribution in [3.8, 4) is 0 Å². The Bertz CT molecular complexity index is 703. The first-order chi connectivity index (χ1) is 9.18. The molecule has 0 spiro atoms. The highest BCUT2D eigenvalue weighted by Gasteiger charge is 2.30. The van der Waals surface area contributed by atoms with E-state index in [0.29, 0.717) is 11.6 Å². The van der Waals surface area contributed by atoms with Gasteiger partial charge in [0.2, 0.25) is 5.89 Å². The second-order valence-corrected chi connectivity index (χ2v) is 7.47. The van der Waals surface area contributed by atoms with Gasteiger partial charge in [-0.1, -0.05) is 17.3 Å². The van der Waals surface area contributed by atoms with Crippen LogP contribution in [0.25, 0.3) is 0 Å². The Labute approximate surface area is 117 Å². The van der Waals surface area contributed by atoms with Gasteiger partial charge in [0.15, 0.2) is 15.7 Å². The lowest BCUT2D eigenvalue weighted by Crippen LogP contribution is -2.19. The zero-order chi connectivity index (χ0) is 15.0. The van der Waals surface area contributed by atoms with Crippen molar-refractivity contribution < 1.29 is 12.9 Å². The molecule has 2 aromatic rings. The number of nitrogens with two attached hydrogens (primary N) is 1. The predicted molar refractivity (Wildman–Crippen MR) is 75.8 cm³/mol. The van der Waals surface area contributed by atoms with Crippen molar-refractivity contribution in [1.29, 1.82) is 0 Å². The van der Waals surface area contributed by atoms with Gasteiger partial charge in [-0.3, -0.25) is 0 Å². The summed E-state index contributed by atoms with van der Waals surface area (Å²) in [6, 6.07) is 7.36. The molecule has 2 N–H and O–H groups in total. The lowest BCUT2D eigenvalue weighted by Gasteiger charge is -2.20. The van der Waals surface area contributed by atoms with Gasteiger partial charge in [-0.15, -0.1) is 0 Å². The second-order valence-electron chi connectivity index (χ2n) is 5.33. The Morgan fingerprint density at radius 1 is 1.25 bits per heavy atom. The number of hydrogen-bond acceptors (Lipinski definition) is 6. The molecule has 6 nitrogen and oxygen atoms in total. The van der Waals surface area contributed by atoms with Crippen molar-refractivity contribution in [3.63, 3.8) is 0 Å². The lowest BCUT2D eigenvalue weighted by atomic mass is 9.84. The fourth-order valence-corrected chi connectivity index (χ4v) is 2.41. The smallest absolute Gasteiger partial charge is 0.236 e. The minimum atomic E-state index is -3.18. The molecule has 0 saturated carbocycles. The monoisotopic (exact) mass is 295 g/mol. The molecule has 0 atom stereocenters. The highest BCUT2D eigenvalue weighted by Crippen LogP contribution is 2.30. The van der Waals surface area contributed by atoms with Crippen molar-refractivity contribution in [3.05, 3.63) is 41.5 Å². The summed E-state index contributed by atoms with van der Waals surface area (Å²) in [5.74, 6) is 0.320. The Morgan fingerprint density at radius 2 is 1.85 bits per heavy atom. The average molecular weight is 295 g/mol. The number of rotatable bonds is 4. The van der Waals surface area contributed by atoms with Crippen molar-refractivity contribution in [1.82, 2.24) is 10.1 Å². The van der Waals surface area contributed by atoms with Gasteiger partial charge in [-0.25, -0.2) is 8.42 Å². The van der Waals surface area contributed by atoms with E-state index in [-0.39, 0.29) is 11.6 Å². The van der Waals surface area contributed by atoms with Crippen molar-refractivity contribution in [2.24, 2.45) is 0 Å². The van der Waals surface area contributed by atoms with E-state index in [9.17, 15) is 8.42 Å². The third kappa shape index (κ3) is 3.16. The summed E-state index contributed by atoms with van der Waals surface area (Å²) in [4.78, 5) is 4.18. The molecule has 1 aromatic carbocycles. The SMILES string of the molecule is CC(C)(c1ccc(N)cc1)c1nc(CS(C)(=O)=O)no1. The van der Waals surface area contributed by atoms with E-state index in [2.05, 4.69) is 10.1 Å². The quantitative estimate of drug-likeness (QED) is 0.859. The molecule has 0 aliphatic rings.